The van der Waals surface area contributed by atoms with Crippen LogP contribution < -0.4 is 10.5 Å². The van der Waals surface area contributed by atoms with E-state index in [-0.39, 0.29) is 16.1 Å². The Morgan fingerprint density at radius 3 is 2.28 bits per heavy atom. The summed E-state index contributed by atoms with van der Waals surface area (Å²) in [5.41, 5.74) is -0.0281. The lowest BCUT2D eigenvalue weighted by molar-refractivity contribution is -0.167. The zero-order valence-corrected chi connectivity index (χ0v) is 9.89. The van der Waals surface area contributed by atoms with Gasteiger partial charge in [0.05, 0.1) is 4.90 Å². The van der Waals surface area contributed by atoms with Crippen LogP contribution in [0.1, 0.15) is 5.56 Å². The molecule has 0 aliphatic carbocycles. The molecule has 0 bridgehead atoms. The summed E-state index contributed by atoms with van der Waals surface area (Å²) in [7, 11) is -3.94. The van der Waals surface area contributed by atoms with Crippen LogP contribution in [0.5, 0.6) is 0 Å². The van der Waals surface area contributed by atoms with Crippen molar-refractivity contribution in [1.29, 1.82) is 0 Å². The third-order valence-corrected chi connectivity index (χ3v) is 3.07. The predicted molar refractivity (Wildman–Crippen MR) is 57.2 cm³/mol. The molecule has 1 aromatic carbocycles. The fourth-order valence-corrected chi connectivity index (χ4v) is 2.01. The number of anilines is 1. The zero-order valence-electron chi connectivity index (χ0n) is 9.08. The van der Waals surface area contributed by atoms with Crippen LogP contribution in [-0.2, 0) is 14.8 Å². The maximum Gasteiger partial charge on any atom is 0.471 e. The SMILES string of the molecule is Cc1cc(NC(=O)C(F)(F)F)ccc1S(N)(=O)=O. The summed E-state index contributed by atoms with van der Waals surface area (Å²) >= 11 is 0. The maximum absolute atomic E-state index is 12.0. The van der Waals surface area contributed by atoms with E-state index in [1.165, 1.54) is 6.92 Å². The van der Waals surface area contributed by atoms with Crippen molar-refractivity contribution in [3.63, 3.8) is 0 Å². The molecule has 100 valence electrons. The largest absolute Gasteiger partial charge is 0.471 e. The monoisotopic (exact) mass is 282 g/mol. The van der Waals surface area contributed by atoms with Crippen molar-refractivity contribution in [2.75, 3.05) is 5.32 Å². The summed E-state index contributed by atoms with van der Waals surface area (Å²) in [5.74, 6) is -2.13. The summed E-state index contributed by atoms with van der Waals surface area (Å²) < 4.78 is 58.0. The van der Waals surface area contributed by atoms with Crippen molar-refractivity contribution in [2.24, 2.45) is 5.14 Å². The molecule has 0 atom stereocenters. The lowest BCUT2D eigenvalue weighted by Crippen LogP contribution is -2.30. The molecule has 0 fully saturated rings. The third kappa shape index (κ3) is 3.44. The van der Waals surface area contributed by atoms with Gasteiger partial charge < -0.3 is 5.32 Å². The van der Waals surface area contributed by atoms with Crippen LogP contribution in [0.25, 0.3) is 0 Å². The smallest absolute Gasteiger partial charge is 0.318 e. The molecule has 18 heavy (non-hydrogen) atoms. The van der Waals surface area contributed by atoms with E-state index in [1.54, 1.807) is 5.32 Å². The van der Waals surface area contributed by atoms with E-state index in [4.69, 9.17) is 5.14 Å². The molecule has 0 saturated heterocycles. The first-order valence-corrected chi connectivity index (χ1v) is 6.08. The van der Waals surface area contributed by atoms with Crippen molar-refractivity contribution in [2.45, 2.75) is 18.0 Å². The van der Waals surface area contributed by atoms with E-state index in [2.05, 4.69) is 0 Å². The van der Waals surface area contributed by atoms with Gasteiger partial charge in [0.1, 0.15) is 0 Å². The van der Waals surface area contributed by atoms with Crippen LogP contribution in [0.4, 0.5) is 18.9 Å². The number of hydrogen-bond acceptors (Lipinski definition) is 3. The molecule has 0 unspecified atom stereocenters. The average Bonchev–Trinajstić information content (AvgIpc) is 2.13. The Hall–Kier alpha value is -1.61. The Labute approximate surface area is 101 Å². The highest BCUT2D eigenvalue weighted by molar-refractivity contribution is 7.89. The Bertz CT molecular complexity index is 581. The molecule has 9 heteroatoms. The number of carbonyl (C=O) groups excluding carboxylic acids is 1. The van der Waals surface area contributed by atoms with E-state index in [9.17, 15) is 26.4 Å². The van der Waals surface area contributed by atoms with Crippen molar-refractivity contribution in [1.82, 2.24) is 0 Å². The van der Waals surface area contributed by atoms with Gasteiger partial charge in [-0.3, -0.25) is 4.79 Å². The highest BCUT2D eigenvalue weighted by atomic mass is 32.2. The number of sulfonamides is 1. The number of alkyl halides is 3. The highest BCUT2D eigenvalue weighted by Crippen LogP contribution is 2.21. The first-order valence-electron chi connectivity index (χ1n) is 4.53. The summed E-state index contributed by atoms with van der Waals surface area (Å²) in [5, 5.41) is 6.48. The van der Waals surface area contributed by atoms with Gasteiger partial charge >= 0.3 is 12.1 Å². The molecule has 0 spiro atoms. The predicted octanol–water partition coefficient (Wildman–Crippen LogP) is 1.14. The van der Waals surface area contributed by atoms with E-state index in [1.807, 2.05) is 0 Å². The van der Waals surface area contributed by atoms with Crippen molar-refractivity contribution in [3.8, 4) is 0 Å². The minimum Gasteiger partial charge on any atom is -0.318 e. The van der Waals surface area contributed by atoms with Crippen molar-refractivity contribution < 1.29 is 26.4 Å². The highest BCUT2D eigenvalue weighted by Gasteiger charge is 2.38. The summed E-state index contributed by atoms with van der Waals surface area (Å²) in [4.78, 5) is 10.4. The number of hydrogen-bond donors (Lipinski definition) is 2. The van der Waals surface area contributed by atoms with Gasteiger partial charge in [0.15, 0.2) is 0 Å². The molecule has 0 saturated carbocycles. The standard InChI is InChI=1S/C9H9F3N2O3S/c1-5-4-6(14-8(15)9(10,11)12)2-3-7(5)18(13,16)17/h2-4H,1H3,(H,14,15)(H2,13,16,17). The first-order chi connectivity index (χ1) is 8.01. The van der Waals surface area contributed by atoms with Crippen LogP contribution in [-0.4, -0.2) is 20.5 Å². The number of amides is 1. The third-order valence-electron chi connectivity index (χ3n) is 2.00. The number of nitrogens with one attached hydrogen (secondary N) is 1. The number of rotatable bonds is 2. The molecule has 1 rings (SSSR count). The van der Waals surface area contributed by atoms with Crippen molar-refractivity contribution in [3.05, 3.63) is 23.8 Å². The van der Waals surface area contributed by atoms with Crippen LogP contribution in [0.2, 0.25) is 0 Å². The number of aryl methyl sites for hydroxylation is 1. The number of halogens is 3. The van der Waals surface area contributed by atoms with E-state index < -0.39 is 22.1 Å². The average molecular weight is 282 g/mol. The van der Waals surface area contributed by atoms with E-state index in [0.717, 1.165) is 18.2 Å². The van der Waals surface area contributed by atoms with Gasteiger partial charge in [-0.25, -0.2) is 13.6 Å². The molecule has 3 N–H and O–H groups in total. The number of nitrogens with two attached hydrogens (primary N) is 1. The Morgan fingerprint density at radius 1 is 1.33 bits per heavy atom. The molecule has 0 radical (unpaired) electrons. The van der Waals surface area contributed by atoms with Crippen LogP contribution in [0.15, 0.2) is 23.1 Å². The second kappa shape index (κ2) is 4.58. The van der Waals surface area contributed by atoms with Gasteiger partial charge in [-0.1, -0.05) is 0 Å². The lowest BCUT2D eigenvalue weighted by Gasteiger charge is -2.10. The van der Waals surface area contributed by atoms with Gasteiger partial charge in [-0.2, -0.15) is 13.2 Å². The number of primary sulfonamides is 1. The summed E-state index contributed by atoms with van der Waals surface area (Å²) in [6.45, 7) is 1.35. The van der Waals surface area contributed by atoms with E-state index >= 15 is 0 Å². The summed E-state index contributed by atoms with van der Waals surface area (Å²) in [6, 6.07) is 3.14. The molecule has 0 aliphatic rings. The molecule has 0 aliphatic heterocycles. The Kier molecular flexibility index (Phi) is 3.67. The normalized spacial score (nSPS) is 12.3. The lowest BCUT2D eigenvalue weighted by atomic mass is 10.2. The molecule has 1 aromatic rings. The summed E-state index contributed by atoms with van der Waals surface area (Å²) in [6.07, 6.45) is -5.01. The second-order valence-electron chi connectivity index (χ2n) is 3.48. The number of benzene rings is 1. The first kappa shape index (κ1) is 14.5. The fraction of sp³-hybridized carbons (Fsp3) is 0.222. The number of carbonyl (C=O) groups is 1. The topological polar surface area (TPSA) is 89.3 Å². The van der Waals surface area contributed by atoms with Crippen LogP contribution in [0, 0.1) is 6.92 Å². The Morgan fingerprint density at radius 2 is 1.89 bits per heavy atom. The van der Waals surface area contributed by atoms with Crippen LogP contribution in [0.3, 0.4) is 0 Å². The maximum atomic E-state index is 12.0. The zero-order chi connectivity index (χ0) is 14.1. The van der Waals surface area contributed by atoms with Crippen LogP contribution >= 0.6 is 0 Å². The van der Waals surface area contributed by atoms with Gasteiger partial charge in [0.2, 0.25) is 10.0 Å². The van der Waals surface area contributed by atoms with Gasteiger partial charge in [-0.05, 0) is 30.7 Å². The quantitative estimate of drug-likeness (QED) is 0.852. The molecular weight excluding hydrogens is 273 g/mol. The van der Waals surface area contributed by atoms with Gasteiger partial charge in [0, 0.05) is 5.69 Å². The second-order valence-corrected chi connectivity index (χ2v) is 5.01. The molecule has 0 aromatic heterocycles. The molecular formula is C9H9F3N2O3S. The minimum absolute atomic E-state index is 0.137. The Balaban J connectivity index is 3.04. The molecule has 1 amide bonds. The molecule has 5 nitrogen and oxygen atoms in total. The minimum atomic E-state index is -5.01. The molecule has 0 heterocycles. The fourth-order valence-electron chi connectivity index (χ4n) is 1.25. The van der Waals surface area contributed by atoms with Gasteiger partial charge in [-0.15, -0.1) is 0 Å². The van der Waals surface area contributed by atoms with Gasteiger partial charge in [0.25, 0.3) is 0 Å². The van der Waals surface area contributed by atoms with E-state index in [0.29, 0.717) is 0 Å². The van der Waals surface area contributed by atoms with Crippen molar-refractivity contribution >= 4 is 21.6 Å².